The van der Waals surface area contributed by atoms with E-state index >= 15 is 0 Å². The zero-order valence-electron chi connectivity index (χ0n) is 8.27. The topological polar surface area (TPSA) is 32.3 Å². The second-order valence-electron chi connectivity index (χ2n) is 4.01. The quantitative estimate of drug-likeness (QED) is 0.635. The van der Waals surface area contributed by atoms with Crippen LogP contribution in [0.1, 0.15) is 39.5 Å². The summed E-state index contributed by atoms with van der Waals surface area (Å²) in [6, 6.07) is 0. The van der Waals surface area contributed by atoms with Crippen LogP contribution in [0.25, 0.3) is 0 Å². The van der Waals surface area contributed by atoms with E-state index < -0.39 is 5.60 Å². The highest BCUT2D eigenvalue weighted by Crippen LogP contribution is 2.27. The van der Waals surface area contributed by atoms with Gasteiger partial charge in [0, 0.05) is 6.54 Å². The van der Waals surface area contributed by atoms with E-state index in [2.05, 4.69) is 5.32 Å². The van der Waals surface area contributed by atoms with Crippen molar-refractivity contribution < 1.29 is 5.11 Å². The van der Waals surface area contributed by atoms with Crippen LogP contribution >= 0.6 is 0 Å². The Bertz CT molecular complexity index is 128. The van der Waals surface area contributed by atoms with Crippen molar-refractivity contribution in [1.82, 2.24) is 5.32 Å². The third-order valence-electron chi connectivity index (χ3n) is 2.90. The molecule has 1 saturated carbocycles. The first kappa shape index (κ1) is 10.0. The van der Waals surface area contributed by atoms with E-state index in [-0.39, 0.29) is 0 Å². The van der Waals surface area contributed by atoms with Crippen LogP contribution in [-0.4, -0.2) is 23.8 Å². The van der Waals surface area contributed by atoms with E-state index in [1.165, 1.54) is 12.8 Å². The minimum absolute atomic E-state index is 0.463. The number of nitrogens with one attached hydrogen (secondary N) is 1. The number of aliphatic hydroxyl groups is 1. The van der Waals surface area contributed by atoms with Gasteiger partial charge >= 0.3 is 0 Å². The molecule has 12 heavy (non-hydrogen) atoms. The zero-order valence-corrected chi connectivity index (χ0v) is 8.27. The summed E-state index contributed by atoms with van der Waals surface area (Å²) >= 11 is 0. The normalized spacial score (nSPS) is 18.2. The van der Waals surface area contributed by atoms with Gasteiger partial charge in [0.05, 0.1) is 5.60 Å². The maximum atomic E-state index is 9.90. The van der Waals surface area contributed by atoms with Gasteiger partial charge in [0.15, 0.2) is 0 Å². The molecule has 0 spiro atoms. The molecule has 0 heterocycles. The lowest BCUT2D eigenvalue weighted by molar-refractivity contribution is 0.0325. The Hall–Kier alpha value is -0.0800. The summed E-state index contributed by atoms with van der Waals surface area (Å²) in [5.74, 6) is 0.906. The van der Waals surface area contributed by atoms with Gasteiger partial charge in [-0.15, -0.1) is 0 Å². The standard InChI is InChI=1S/C10H21NO/c1-3-10(12,4-2)8-11-7-9-5-6-9/h9,11-12H,3-8H2,1-2H3. The predicted octanol–water partition coefficient (Wildman–Crippen LogP) is 1.54. The van der Waals surface area contributed by atoms with Crippen molar-refractivity contribution >= 4 is 0 Å². The Kier molecular flexibility index (Phi) is 3.53. The first-order chi connectivity index (χ1) is 5.70. The van der Waals surface area contributed by atoms with Crippen molar-refractivity contribution in [3.63, 3.8) is 0 Å². The molecule has 0 aromatic carbocycles. The van der Waals surface area contributed by atoms with Crippen molar-refractivity contribution in [1.29, 1.82) is 0 Å². The SMILES string of the molecule is CCC(O)(CC)CNCC1CC1. The van der Waals surface area contributed by atoms with Gasteiger partial charge in [0.25, 0.3) is 0 Å². The molecule has 2 nitrogen and oxygen atoms in total. The molecule has 0 atom stereocenters. The van der Waals surface area contributed by atoms with Crippen LogP contribution in [0.4, 0.5) is 0 Å². The van der Waals surface area contributed by atoms with E-state index in [4.69, 9.17) is 0 Å². The van der Waals surface area contributed by atoms with Crippen LogP contribution < -0.4 is 5.32 Å². The highest BCUT2D eigenvalue weighted by molar-refractivity contribution is 4.81. The smallest absolute Gasteiger partial charge is 0.0766 e. The van der Waals surface area contributed by atoms with Crippen LogP contribution in [-0.2, 0) is 0 Å². The summed E-state index contributed by atoms with van der Waals surface area (Å²) in [6.45, 7) is 5.95. The molecular weight excluding hydrogens is 150 g/mol. The second-order valence-corrected chi connectivity index (χ2v) is 4.01. The molecule has 1 aliphatic rings. The largest absolute Gasteiger partial charge is 0.389 e. The average Bonchev–Trinajstić information content (AvgIpc) is 2.88. The van der Waals surface area contributed by atoms with Gasteiger partial charge in [-0.05, 0) is 38.1 Å². The predicted molar refractivity (Wildman–Crippen MR) is 51.1 cm³/mol. The molecule has 0 aromatic heterocycles. The number of hydrogen-bond donors (Lipinski definition) is 2. The minimum atomic E-state index is -0.463. The Labute approximate surface area is 75.4 Å². The molecule has 1 fully saturated rings. The summed E-state index contributed by atoms with van der Waals surface area (Å²) in [5, 5.41) is 13.2. The molecule has 1 rings (SSSR count). The first-order valence-corrected chi connectivity index (χ1v) is 5.13. The molecule has 0 aromatic rings. The van der Waals surface area contributed by atoms with Gasteiger partial charge in [-0.3, -0.25) is 0 Å². The maximum Gasteiger partial charge on any atom is 0.0766 e. The summed E-state index contributed by atoms with van der Waals surface area (Å²) in [4.78, 5) is 0. The molecule has 0 bridgehead atoms. The van der Waals surface area contributed by atoms with Crippen LogP contribution in [0.5, 0.6) is 0 Å². The lowest BCUT2D eigenvalue weighted by Gasteiger charge is -2.25. The zero-order chi connectivity index (χ0) is 9.03. The summed E-state index contributed by atoms with van der Waals surface area (Å²) < 4.78 is 0. The monoisotopic (exact) mass is 171 g/mol. The molecule has 0 saturated heterocycles. The van der Waals surface area contributed by atoms with Gasteiger partial charge in [-0.25, -0.2) is 0 Å². The van der Waals surface area contributed by atoms with E-state index in [9.17, 15) is 5.11 Å². The van der Waals surface area contributed by atoms with Crippen molar-refractivity contribution in [2.24, 2.45) is 5.92 Å². The van der Waals surface area contributed by atoms with Crippen molar-refractivity contribution in [2.75, 3.05) is 13.1 Å². The fourth-order valence-electron chi connectivity index (χ4n) is 1.33. The van der Waals surface area contributed by atoms with Gasteiger partial charge < -0.3 is 10.4 Å². The summed E-state index contributed by atoms with van der Waals surface area (Å²) in [5.41, 5.74) is -0.463. The number of hydrogen-bond acceptors (Lipinski definition) is 2. The molecule has 0 amide bonds. The molecular formula is C10H21NO. The molecule has 0 unspecified atom stereocenters. The third kappa shape index (κ3) is 3.11. The van der Waals surface area contributed by atoms with Crippen LogP contribution in [0.15, 0.2) is 0 Å². The Morgan fingerprint density at radius 1 is 1.33 bits per heavy atom. The van der Waals surface area contributed by atoms with Gasteiger partial charge in [0.2, 0.25) is 0 Å². The Balaban J connectivity index is 2.08. The van der Waals surface area contributed by atoms with E-state index in [0.29, 0.717) is 0 Å². The van der Waals surface area contributed by atoms with Crippen LogP contribution in [0, 0.1) is 5.92 Å². The third-order valence-corrected chi connectivity index (χ3v) is 2.90. The van der Waals surface area contributed by atoms with Crippen molar-refractivity contribution in [2.45, 2.75) is 45.1 Å². The number of rotatable bonds is 6. The Morgan fingerprint density at radius 2 is 1.92 bits per heavy atom. The first-order valence-electron chi connectivity index (χ1n) is 5.13. The molecule has 1 aliphatic carbocycles. The van der Waals surface area contributed by atoms with Gasteiger partial charge in [-0.2, -0.15) is 0 Å². The van der Waals surface area contributed by atoms with E-state index in [1.54, 1.807) is 0 Å². The van der Waals surface area contributed by atoms with Crippen LogP contribution in [0.3, 0.4) is 0 Å². The van der Waals surface area contributed by atoms with E-state index in [1.807, 2.05) is 13.8 Å². The summed E-state index contributed by atoms with van der Waals surface area (Å²) in [7, 11) is 0. The van der Waals surface area contributed by atoms with Gasteiger partial charge in [-0.1, -0.05) is 13.8 Å². The van der Waals surface area contributed by atoms with Crippen molar-refractivity contribution in [3.05, 3.63) is 0 Å². The Morgan fingerprint density at radius 3 is 2.33 bits per heavy atom. The summed E-state index contributed by atoms with van der Waals surface area (Å²) in [6.07, 6.45) is 4.45. The molecule has 2 heteroatoms. The minimum Gasteiger partial charge on any atom is -0.389 e. The maximum absolute atomic E-state index is 9.90. The van der Waals surface area contributed by atoms with Crippen molar-refractivity contribution in [3.8, 4) is 0 Å². The second kappa shape index (κ2) is 4.24. The molecule has 2 N–H and O–H groups in total. The molecule has 0 aliphatic heterocycles. The fraction of sp³-hybridized carbons (Fsp3) is 1.00. The molecule has 72 valence electrons. The van der Waals surface area contributed by atoms with Crippen LogP contribution in [0.2, 0.25) is 0 Å². The average molecular weight is 171 g/mol. The lowest BCUT2D eigenvalue weighted by atomic mass is 9.98. The van der Waals surface area contributed by atoms with E-state index in [0.717, 1.165) is 31.8 Å². The van der Waals surface area contributed by atoms with Gasteiger partial charge in [0.1, 0.15) is 0 Å². The highest BCUT2D eigenvalue weighted by Gasteiger charge is 2.24. The molecule has 0 radical (unpaired) electrons. The fourth-order valence-corrected chi connectivity index (χ4v) is 1.33. The lowest BCUT2D eigenvalue weighted by Crippen LogP contribution is -2.40. The highest BCUT2D eigenvalue weighted by atomic mass is 16.3.